The Morgan fingerprint density at radius 2 is 1.85 bits per heavy atom. The highest BCUT2D eigenvalue weighted by molar-refractivity contribution is 5.91. The molecule has 138 valence electrons. The van der Waals surface area contributed by atoms with Gasteiger partial charge in [-0.2, -0.15) is 0 Å². The molecule has 4 rings (SSSR count). The fourth-order valence-corrected chi connectivity index (χ4v) is 4.27. The Hall–Kier alpha value is -2.30. The lowest BCUT2D eigenvalue weighted by Gasteiger charge is -2.43. The molecule has 0 N–H and O–H groups in total. The number of benzene rings is 1. The van der Waals surface area contributed by atoms with E-state index in [9.17, 15) is 9.18 Å². The number of hydrogen-bond donors (Lipinski definition) is 0. The monoisotopic (exact) mass is 357 g/mol. The van der Waals surface area contributed by atoms with Gasteiger partial charge in [0, 0.05) is 12.6 Å². The summed E-state index contributed by atoms with van der Waals surface area (Å²) in [5.41, 5.74) is 0. The number of hydrogen-bond acceptors (Lipinski definition) is 3. The predicted molar refractivity (Wildman–Crippen MR) is 95.5 cm³/mol. The average Bonchev–Trinajstić information content (AvgIpc) is 3.15. The van der Waals surface area contributed by atoms with Crippen LogP contribution in [0.25, 0.3) is 0 Å². The minimum absolute atomic E-state index is 0.00497. The van der Waals surface area contributed by atoms with Gasteiger partial charge >= 0.3 is 0 Å². The second-order valence-electron chi connectivity index (χ2n) is 7.26. The Kier molecular flexibility index (Phi) is 4.96. The number of likely N-dealkylation sites (tertiary alicyclic amines) is 1. The number of furan rings is 1. The molecule has 2 aromatic rings. The number of piperidine rings is 1. The van der Waals surface area contributed by atoms with Gasteiger partial charge in [0.1, 0.15) is 23.9 Å². The van der Waals surface area contributed by atoms with Crippen LogP contribution in [0.1, 0.15) is 54.8 Å². The number of fused-ring (bicyclic) bond motifs is 1. The Labute approximate surface area is 152 Å². The largest absolute Gasteiger partial charge is 0.486 e. The molecule has 1 aromatic heterocycles. The number of carbonyl (C=O) groups excluding carboxylic acids is 1. The van der Waals surface area contributed by atoms with Crippen LogP contribution in [-0.4, -0.2) is 23.4 Å². The molecule has 1 saturated carbocycles. The van der Waals surface area contributed by atoms with Crippen LogP contribution in [-0.2, 0) is 6.61 Å². The highest BCUT2D eigenvalue weighted by Crippen LogP contribution is 2.36. The van der Waals surface area contributed by atoms with Crippen LogP contribution in [0.2, 0.25) is 0 Å². The smallest absolute Gasteiger partial charge is 0.289 e. The van der Waals surface area contributed by atoms with Crippen molar-refractivity contribution >= 4 is 5.91 Å². The zero-order valence-electron chi connectivity index (χ0n) is 14.8. The molecule has 1 aliphatic heterocycles. The molecule has 1 amide bonds. The van der Waals surface area contributed by atoms with E-state index in [-0.39, 0.29) is 18.3 Å². The van der Waals surface area contributed by atoms with Gasteiger partial charge in [-0.25, -0.2) is 4.39 Å². The molecule has 26 heavy (non-hydrogen) atoms. The number of carbonyl (C=O) groups is 1. The van der Waals surface area contributed by atoms with E-state index in [1.54, 1.807) is 24.3 Å². The van der Waals surface area contributed by atoms with Gasteiger partial charge in [-0.15, -0.1) is 0 Å². The van der Waals surface area contributed by atoms with Crippen molar-refractivity contribution in [1.29, 1.82) is 0 Å². The van der Waals surface area contributed by atoms with Crippen molar-refractivity contribution in [2.75, 3.05) is 6.54 Å². The van der Waals surface area contributed by atoms with Crippen molar-refractivity contribution in [2.24, 2.45) is 5.92 Å². The Morgan fingerprint density at radius 3 is 2.69 bits per heavy atom. The van der Waals surface area contributed by atoms with Gasteiger partial charge in [0.2, 0.25) is 0 Å². The summed E-state index contributed by atoms with van der Waals surface area (Å²) >= 11 is 0. The summed E-state index contributed by atoms with van der Waals surface area (Å²) in [7, 11) is 0. The summed E-state index contributed by atoms with van der Waals surface area (Å²) in [6, 6.07) is 9.72. The summed E-state index contributed by atoms with van der Waals surface area (Å²) in [5.74, 6) is 1.89. The molecule has 0 bridgehead atoms. The minimum atomic E-state index is -0.300. The molecule has 1 saturated heterocycles. The SMILES string of the molecule is O=C(c1ccc(COc2ccc(F)cc2)o1)N1CCCC2CCCCC21. The molecule has 4 nitrogen and oxygen atoms in total. The lowest BCUT2D eigenvalue weighted by atomic mass is 9.78. The minimum Gasteiger partial charge on any atom is -0.486 e. The van der Waals surface area contributed by atoms with Gasteiger partial charge in [-0.1, -0.05) is 12.8 Å². The first-order valence-electron chi connectivity index (χ1n) is 9.49. The van der Waals surface area contributed by atoms with Gasteiger partial charge in [0.15, 0.2) is 5.76 Å². The Bertz CT molecular complexity index is 753. The number of rotatable bonds is 4. The molecule has 5 heteroatoms. The van der Waals surface area contributed by atoms with Crippen LogP contribution in [0.5, 0.6) is 5.75 Å². The second kappa shape index (κ2) is 7.52. The maximum Gasteiger partial charge on any atom is 0.289 e. The van der Waals surface area contributed by atoms with E-state index in [1.807, 2.05) is 4.90 Å². The molecule has 2 fully saturated rings. The van der Waals surface area contributed by atoms with Crippen molar-refractivity contribution in [1.82, 2.24) is 4.90 Å². The summed E-state index contributed by atoms with van der Waals surface area (Å²) in [6.45, 7) is 1.03. The lowest BCUT2D eigenvalue weighted by Crippen LogP contribution is -2.49. The van der Waals surface area contributed by atoms with E-state index in [2.05, 4.69) is 0 Å². The highest BCUT2D eigenvalue weighted by atomic mass is 19.1. The van der Waals surface area contributed by atoms with Gasteiger partial charge < -0.3 is 14.1 Å². The highest BCUT2D eigenvalue weighted by Gasteiger charge is 2.36. The number of amides is 1. The molecule has 0 radical (unpaired) electrons. The average molecular weight is 357 g/mol. The Balaban J connectivity index is 1.40. The lowest BCUT2D eigenvalue weighted by molar-refractivity contribution is 0.0359. The van der Waals surface area contributed by atoms with Crippen molar-refractivity contribution in [2.45, 2.75) is 51.2 Å². The van der Waals surface area contributed by atoms with Crippen LogP contribution in [0.15, 0.2) is 40.8 Å². The molecule has 2 atom stereocenters. The second-order valence-corrected chi connectivity index (χ2v) is 7.26. The summed E-state index contributed by atoms with van der Waals surface area (Å²) in [6.07, 6.45) is 7.16. The van der Waals surface area contributed by atoms with Gasteiger partial charge in [0.25, 0.3) is 5.91 Å². The molecular weight excluding hydrogens is 333 g/mol. The maximum atomic E-state index is 12.9. The number of nitrogens with zero attached hydrogens (tertiary/aromatic N) is 1. The van der Waals surface area contributed by atoms with Gasteiger partial charge in [0.05, 0.1) is 0 Å². The van der Waals surface area contributed by atoms with E-state index in [1.165, 1.54) is 37.8 Å². The zero-order valence-corrected chi connectivity index (χ0v) is 14.8. The molecule has 2 unspecified atom stereocenters. The van der Waals surface area contributed by atoms with Crippen LogP contribution >= 0.6 is 0 Å². The van der Waals surface area contributed by atoms with Crippen LogP contribution in [0.3, 0.4) is 0 Å². The predicted octanol–water partition coefficient (Wildman–Crippen LogP) is 4.79. The van der Waals surface area contributed by atoms with Crippen molar-refractivity contribution in [3.05, 3.63) is 53.7 Å². The first-order chi connectivity index (χ1) is 12.7. The topological polar surface area (TPSA) is 42.7 Å². The van der Waals surface area contributed by atoms with E-state index in [0.29, 0.717) is 29.2 Å². The van der Waals surface area contributed by atoms with Gasteiger partial charge in [-0.3, -0.25) is 4.79 Å². The van der Waals surface area contributed by atoms with E-state index >= 15 is 0 Å². The van der Waals surface area contributed by atoms with E-state index in [4.69, 9.17) is 9.15 Å². The normalized spacial score (nSPS) is 22.7. The zero-order chi connectivity index (χ0) is 17.9. The third-order valence-corrected chi connectivity index (χ3v) is 5.57. The summed E-state index contributed by atoms with van der Waals surface area (Å²) < 4.78 is 24.2. The quantitative estimate of drug-likeness (QED) is 0.790. The van der Waals surface area contributed by atoms with Crippen molar-refractivity contribution in [3.8, 4) is 5.75 Å². The van der Waals surface area contributed by atoms with Crippen molar-refractivity contribution < 1.29 is 18.3 Å². The fraction of sp³-hybridized carbons (Fsp3) is 0.476. The molecule has 0 spiro atoms. The summed E-state index contributed by atoms with van der Waals surface area (Å²) in [4.78, 5) is 15.0. The third kappa shape index (κ3) is 3.62. The van der Waals surface area contributed by atoms with Crippen LogP contribution in [0, 0.1) is 11.7 Å². The van der Waals surface area contributed by atoms with Crippen LogP contribution < -0.4 is 4.74 Å². The van der Waals surface area contributed by atoms with Crippen molar-refractivity contribution in [3.63, 3.8) is 0 Å². The molecule has 1 aliphatic carbocycles. The number of ether oxygens (including phenoxy) is 1. The fourth-order valence-electron chi connectivity index (χ4n) is 4.27. The maximum absolute atomic E-state index is 12.9. The molecule has 2 heterocycles. The molecular formula is C21H24FNO3. The van der Waals surface area contributed by atoms with E-state index in [0.717, 1.165) is 19.4 Å². The number of halogens is 1. The van der Waals surface area contributed by atoms with Gasteiger partial charge in [-0.05, 0) is 68.0 Å². The first-order valence-corrected chi connectivity index (χ1v) is 9.49. The van der Waals surface area contributed by atoms with Crippen LogP contribution in [0.4, 0.5) is 4.39 Å². The Morgan fingerprint density at radius 1 is 1.08 bits per heavy atom. The third-order valence-electron chi connectivity index (χ3n) is 5.57. The van der Waals surface area contributed by atoms with E-state index < -0.39 is 0 Å². The molecule has 1 aromatic carbocycles. The summed E-state index contributed by atoms with van der Waals surface area (Å²) in [5, 5.41) is 0. The molecule has 2 aliphatic rings. The first kappa shape index (κ1) is 17.1. The standard InChI is InChI=1S/C21H24FNO3/c22-16-7-9-17(10-8-16)25-14-18-11-12-20(26-18)21(24)23-13-3-5-15-4-1-2-6-19(15)23/h7-12,15,19H,1-6,13-14H2.